The Morgan fingerprint density at radius 2 is 1.51 bits per heavy atom. The molecule has 3 aliphatic heterocycles. The highest BCUT2D eigenvalue weighted by molar-refractivity contribution is 5.99. The number of hydrogen-bond donors (Lipinski definition) is 1. The number of anilines is 1. The van der Waals surface area contributed by atoms with Crippen molar-refractivity contribution in [1.29, 1.82) is 0 Å². The third-order valence-electron chi connectivity index (χ3n) is 9.53. The van der Waals surface area contributed by atoms with E-state index in [1.807, 2.05) is 29.2 Å². The number of nitrogens with one attached hydrogen (secondary N) is 1. The number of ketones is 1. The summed E-state index contributed by atoms with van der Waals surface area (Å²) in [5.74, 6) is -1.15. The molecular formula is C36H39F4N5O4. The van der Waals surface area contributed by atoms with Crippen LogP contribution < -0.4 is 15.0 Å². The first-order valence-corrected chi connectivity index (χ1v) is 16.7. The van der Waals surface area contributed by atoms with Crippen molar-refractivity contribution in [3.63, 3.8) is 0 Å². The van der Waals surface area contributed by atoms with Crippen LogP contribution in [0.1, 0.15) is 68.9 Å². The molecule has 2 aromatic carbocycles. The van der Waals surface area contributed by atoms with Crippen LogP contribution in [0.15, 0.2) is 66.9 Å². The average molecular weight is 682 g/mol. The molecule has 2 amide bonds. The second kappa shape index (κ2) is 14.9. The molecule has 0 spiro atoms. The van der Waals surface area contributed by atoms with E-state index in [0.29, 0.717) is 56.6 Å². The number of aromatic nitrogens is 1. The van der Waals surface area contributed by atoms with E-state index in [1.165, 1.54) is 55.4 Å². The zero-order valence-electron chi connectivity index (χ0n) is 27.0. The molecular weight excluding hydrogens is 642 g/mol. The van der Waals surface area contributed by atoms with E-state index < -0.39 is 24.5 Å². The molecule has 1 N–H and O–H groups in total. The maximum atomic E-state index is 15.1. The van der Waals surface area contributed by atoms with E-state index in [1.54, 1.807) is 4.90 Å². The van der Waals surface area contributed by atoms with Gasteiger partial charge in [-0.2, -0.15) is 0 Å². The van der Waals surface area contributed by atoms with E-state index in [0.717, 1.165) is 18.8 Å². The number of carbonyl (C=O) groups is 3. The molecule has 0 saturated carbocycles. The summed E-state index contributed by atoms with van der Waals surface area (Å²) >= 11 is 0. The van der Waals surface area contributed by atoms with Crippen LogP contribution in [-0.2, 0) is 6.54 Å². The Morgan fingerprint density at radius 3 is 2.12 bits per heavy atom. The zero-order chi connectivity index (χ0) is 34.5. The Labute approximate surface area is 282 Å². The quantitative estimate of drug-likeness (QED) is 0.230. The molecule has 4 heterocycles. The fraction of sp³-hybridized carbons (Fsp3) is 0.444. The second-order valence-electron chi connectivity index (χ2n) is 12.9. The first kappa shape index (κ1) is 34.3. The minimum Gasteiger partial charge on any atom is -0.406 e. The van der Waals surface area contributed by atoms with Crippen molar-refractivity contribution in [2.24, 2.45) is 5.92 Å². The predicted molar refractivity (Wildman–Crippen MR) is 174 cm³/mol. The van der Waals surface area contributed by atoms with E-state index >= 15 is 4.39 Å². The summed E-state index contributed by atoms with van der Waals surface area (Å²) < 4.78 is 56.1. The Hall–Kier alpha value is -4.52. The smallest absolute Gasteiger partial charge is 0.406 e. The van der Waals surface area contributed by atoms with E-state index in [9.17, 15) is 27.6 Å². The number of ether oxygens (including phenoxy) is 1. The van der Waals surface area contributed by atoms with E-state index in [-0.39, 0.29) is 41.2 Å². The van der Waals surface area contributed by atoms with Crippen LogP contribution in [0.3, 0.4) is 0 Å². The summed E-state index contributed by atoms with van der Waals surface area (Å²) in [5.41, 5.74) is 2.94. The number of hydrogen-bond acceptors (Lipinski definition) is 7. The van der Waals surface area contributed by atoms with Crippen LogP contribution in [0.5, 0.6) is 5.75 Å². The SMILES string of the molecule is O=C(N[C@@H]1CCN(Cc2ccc(OC(F)(F)F)cc2)C[C@H]1F)c1ccc(C(=O)N2CCC(C(=O)c3ccc(N4CCCC4)cc3)CC2)nc1. The molecule has 13 heteroatoms. The van der Waals surface area contributed by atoms with Crippen LogP contribution >= 0.6 is 0 Å². The third kappa shape index (κ3) is 8.75. The molecule has 3 aliphatic rings. The van der Waals surface area contributed by atoms with Gasteiger partial charge in [-0.25, -0.2) is 4.39 Å². The summed E-state index contributed by atoms with van der Waals surface area (Å²) in [6, 6.07) is 15.5. The summed E-state index contributed by atoms with van der Waals surface area (Å²) in [7, 11) is 0. The van der Waals surface area contributed by atoms with Gasteiger partial charge in [-0.15, -0.1) is 13.2 Å². The van der Waals surface area contributed by atoms with Gasteiger partial charge in [0.15, 0.2) is 5.78 Å². The van der Waals surface area contributed by atoms with E-state index in [2.05, 4.69) is 19.9 Å². The Balaban J connectivity index is 0.942. The average Bonchev–Trinajstić information content (AvgIpc) is 3.65. The number of halogens is 4. The fourth-order valence-corrected chi connectivity index (χ4v) is 6.79. The normalized spacial score (nSPS) is 20.7. The molecule has 0 aliphatic carbocycles. The number of carbonyl (C=O) groups excluding carboxylic acids is 3. The van der Waals surface area contributed by atoms with Crippen molar-refractivity contribution < 1.29 is 36.7 Å². The molecule has 9 nitrogen and oxygen atoms in total. The highest BCUT2D eigenvalue weighted by Crippen LogP contribution is 2.27. The molecule has 3 fully saturated rings. The van der Waals surface area contributed by atoms with Crippen LogP contribution in [0.4, 0.5) is 23.2 Å². The van der Waals surface area contributed by atoms with Gasteiger partial charge in [0, 0.05) is 69.2 Å². The van der Waals surface area contributed by atoms with Crippen LogP contribution in [0, 0.1) is 5.92 Å². The van der Waals surface area contributed by atoms with Gasteiger partial charge in [0.25, 0.3) is 11.8 Å². The number of benzene rings is 2. The number of pyridine rings is 1. The van der Waals surface area contributed by atoms with Crippen LogP contribution in [0.25, 0.3) is 0 Å². The first-order valence-electron chi connectivity index (χ1n) is 16.7. The van der Waals surface area contributed by atoms with Gasteiger partial charge >= 0.3 is 6.36 Å². The van der Waals surface area contributed by atoms with Gasteiger partial charge in [0.05, 0.1) is 11.6 Å². The monoisotopic (exact) mass is 681 g/mol. The van der Waals surface area contributed by atoms with Crippen molar-refractivity contribution in [2.75, 3.05) is 44.2 Å². The lowest BCUT2D eigenvalue weighted by atomic mass is 9.88. The first-order chi connectivity index (χ1) is 23.5. The van der Waals surface area contributed by atoms with Gasteiger partial charge < -0.3 is 19.9 Å². The standard InChI is InChI=1S/C36H39F4N5O4/c37-30-23-43(22-24-3-10-29(11-4-24)49-36(38,39)40)18-15-31(30)42-34(47)27-7-12-32(41-21-27)35(48)45-19-13-26(14-20-45)33(46)25-5-8-28(9-6-25)44-16-1-2-17-44/h3-12,21,26,30-31H,1-2,13-20,22-23H2,(H,42,47)/t30-,31-/m1/s1. The van der Waals surface area contributed by atoms with Crippen molar-refractivity contribution in [3.8, 4) is 5.75 Å². The highest BCUT2D eigenvalue weighted by Gasteiger charge is 2.33. The summed E-state index contributed by atoms with van der Waals surface area (Å²) in [6.07, 6.45) is -0.981. The van der Waals surface area contributed by atoms with Crippen molar-refractivity contribution >= 4 is 23.3 Å². The lowest BCUT2D eigenvalue weighted by Crippen LogP contribution is -2.52. The third-order valence-corrected chi connectivity index (χ3v) is 9.53. The van der Waals surface area contributed by atoms with Gasteiger partial charge in [-0.3, -0.25) is 24.3 Å². The number of alkyl halides is 4. The molecule has 0 bridgehead atoms. The second-order valence-corrected chi connectivity index (χ2v) is 12.9. The molecule has 3 saturated heterocycles. The lowest BCUT2D eigenvalue weighted by molar-refractivity contribution is -0.274. The minimum absolute atomic E-state index is 0.0464. The Bertz CT molecular complexity index is 1600. The molecule has 1 aromatic heterocycles. The van der Waals surface area contributed by atoms with Crippen molar-refractivity contribution in [2.45, 2.75) is 57.2 Å². The maximum Gasteiger partial charge on any atom is 0.573 e. The number of amides is 2. The maximum absolute atomic E-state index is 15.1. The summed E-state index contributed by atoms with van der Waals surface area (Å²) in [6.45, 7) is 3.82. The van der Waals surface area contributed by atoms with Gasteiger partial charge in [0.2, 0.25) is 0 Å². The Kier molecular flexibility index (Phi) is 10.5. The topological polar surface area (TPSA) is 95.1 Å². The number of likely N-dealkylation sites (tertiary alicyclic amines) is 2. The van der Waals surface area contributed by atoms with Gasteiger partial charge in [-0.1, -0.05) is 12.1 Å². The zero-order valence-corrected chi connectivity index (χ0v) is 27.0. The number of Topliss-reactive ketones (excluding diaryl/α,β-unsaturated/α-hetero) is 1. The molecule has 260 valence electrons. The summed E-state index contributed by atoms with van der Waals surface area (Å²) in [4.78, 5) is 49.3. The minimum atomic E-state index is -4.77. The number of piperidine rings is 2. The molecule has 49 heavy (non-hydrogen) atoms. The number of nitrogens with zero attached hydrogens (tertiary/aromatic N) is 4. The Morgan fingerprint density at radius 1 is 0.837 bits per heavy atom. The highest BCUT2D eigenvalue weighted by atomic mass is 19.4. The molecule has 6 rings (SSSR count). The van der Waals surface area contributed by atoms with Crippen molar-refractivity contribution in [1.82, 2.24) is 20.1 Å². The van der Waals surface area contributed by atoms with Gasteiger partial charge in [0.1, 0.15) is 17.6 Å². The lowest BCUT2D eigenvalue weighted by Gasteiger charge is -2.35. The largest absolute Gasteiger partial charge is 0.573 e. The van der Waals surface area contributed by atoms with E-state index in [4.69, 9.17) is 0 Å². The van der Waals surface area contributed by atoms with Crippen LogP contribution in [0.2, 0.25) is 0 Å². The number of rotatable bonds is 9. The molecule has 3 aromatic rings. The summed E-state index contributed by atoms with van der Waals surface area (Å²) in [5, 5.41) is 2.72. The predicted octanol–water partition coefficient (Wildman–Crippen LogP) is 5.66. The van der Waals surface area contributed by atoms with Crippen molar-refractivity contribution in [3.05, 3.63) is 89.2 Å². The fourth-order valence-electron chi connectivity index (χ4n) is 6.79. The van der Waals surface area contributed by atoms with Crippen LogP contribution in [-0.4, -0.2) is 90.2 Å². The molecule has 0 unspecified atom stereocenters. The molecule has 2 atom stereocenters. The molecule has 0 radical (unpaired) electrons. The van der Waals surface area contributed by atoms with Gasteiger partial charge in [-0.05, 0) is 86.2 Å².